The van der Waals surface area contributed by atoms with Crippen LogP contribution < -0.4 is 0 Å². The Morgan fingerprint density at radius 1 is 1.08 bits per heavy atom. The van der Waals surface area contributed by atoms with Crippen LogP contribution in [0.2, 0.25) is 0 Å². The minimum absolute atomic E-state index is 0.235. The molecule has 0 aliphatic heterocycles. The van der Waals surface area contributed by atoms with Crippen molar-refractivity contribution in [2.75, 3.05) is 0 Å². The van der Waals surface area contributed by atoms with E-state index in [1.165, 1.54) is 6.07 Å². The minimum Gasteiger partial charge on any atom is -0.231 e. The van der Waals surface area contributed by atoms with Crippen molar-refractivity contribution >= 4 is 10.8 Å². The second kappa shape index (κ2) is 3.15. The molecular weight excluding hydrogens is 167 g/mol. The summed E-state index contributed by atoms with van der Waals surface area (Å²) in [7, 11) is 0. The molecule has 1 radical (unpaired) electrons. The van der Waals surface area contributed by atoms with Crippen molar-refractivity contribution in [2.45, 2.75) is 6.61 Å². The molecule has 0 saturated heterocycles. The Kier molecular flexibility index (Phi) is 1.99. The summed E-state index contributed by atoms with van der Waals surface area (Å²) < 4.78 is 13.1. The predicted octanol–water partition coefficient (Wildman–Crippen LogP) is 2.91. The normalized spacial score (nSPS) is 10.6. The van der Waals surface area contributed by atoms with E-state index in [1.807, 2.05) is 24.3 Å². The standard InChI is InChI=1S/C11H8FO/c12-11-6-9-4-2-1-3-8(9)5-10(11)7-13/h1-6H,7H2. The zero-order chi connectivity index (χ0) is 9.26. The number of hydrogen-bond acceptors (Lipinski definition) is 0. The van der Waals surface area contributed by atoms with Crippen molar-refractivity contribution in [1.82, 2.24) is 0 Å². The van der Waals surface area contributed by atoms with Gasteiger partial charge in [-0.05, 0) is 22.9 Å². The van der Waals surface area contributed by atoms with E-state index in [9.17, 15) is 9.50 Å². The molecule has 2 aromatic carbocycles. The van der Waals surface area contributed by atoms with E-state index in [2.05, 4.69) is 0 Å². The first-order valence-corrected chi connectivity index (χ1v) is 4.06. The zero-order valence-corrected chi connectivity index (χ0v) is 6.96. The summed E-state index contributed by atoms with van der Waals surface area (Å²) in [6.45, 7) is -0.503. The van der Waals surface area contributed by atoms with Gasteiger partial charge in [-0.2, -0.15) is 0 Å². The summed E-state index contributed by atoms with van der Waals surface area (Å²) in [4.78, 5) is 0. The van der Waals surface area contributed by atoms with Crippen LogP contribution in [0.15, 0.2) is 36.4 Å². The number of hydrogen-bond donors (Lipinski definition) is 0. The molecule has 2 aromatic rings. The quantitative estimate of drug-likeness (QED) is 0.635. The lowest BCUT2D eigenvalue weighted by molar-refractivity contribution is 0.174. The lowest BCUT2D eigenvalue weighted by atomic mass is 10.1. The van der Waals surface area contributed by atoms with Crippen molar-refractivity contribution in [2.24, 2.45) is 0 Å². The predicted molar refractivity (Wildman–Crippen MR) is 48.3 cm³/mol. The maximum absolute atomic E-state index is 13.1. The summed E-state index contributed by atoms with van der Waals surface area (Å²) in [6.07, 6.45) is 0. The van der Waals surface area contributed by atoms with Gasteiger partial charge in [-0.25, -0.2) is 9.50 Å². The highest BCUT2D eigenvalue weighted by Crippen LogP contribution is 2.18. The highest BCUT2D eigenvalue weighted by atomic mass is 19.1. The van der Waals surface area contributed by atoms with Crippen LogP contribution in [0.1, 0.15) is 5.56 Å². The molecule has 0 atom stereocenters. The average molecular weight is 175 g/mol. The monoisotopic (exact) mass is 175 g/mol. The van der Waals surface area contributed by atoms with E-state index in [0.717, 1.165) is 10.8 Å². The molecule has 0 heterocycles. The molecule has 2 heteroatoms. The Morgan fingerprint density at radius 3 is 2.31 bits per heavy atom. The Labute approximate surface area is 75.4 Å². The SMILES string of the molecule is [O]Cc1cc2ccccc2cc1F. The van der Waals surface area contributed by atoms with Gasteiger partial charge in [0.15, 0.2) is 0 Å². The minimum atomic E-state index is -0.503. The van der Waals surface area contributed by atoms with Crippen molar-refractivity contribution < 1.29 is 9.50 Å². The first kappa shape index (κ1) is 8.20. The molecule has 0 amide bonds. The Hall–Kier alpha value is -1.41. The van der Waals surface area contributed by atoms with E-state index < -0.39 is 12.4 Å². The van der Waals surface area contributed by atoms with Gasteiger partial charge in [0, 0.05) is 5.56 Å². The fourth-order valence-corrected chi connectivity index (χ4v) is 1.37. The fraction of sp³-hybridized carbons (Fsp3) is 0.0909. The van der Waals surface area contributed by atoms with Gasteiger partial charge in [0.1, 0.15) is 12.4 Å². The smallest absolute Gasteiger partial charge is 0.129 e. The second-order valence-corrected chi connectivity index (χ2v) is 2.94. The molecule has 0 saturated carbocycles. The summed E-state index contributed by atoms with van der Waals surface area (Å²) >= 11 is 0. The van der Waals surface area contributed by atoms with E-state index in [-0.39, 0.29) is 5.56 Å². The molecular formula is C11H8FO. The number of halogens is 1. The molecule has 0 aromatic heterocycles. The number of benzene rings is 2. The zero-order valence-electron chi connectivity index (χ0n) is 6.96. The molecule has 0 aliphatic carbocycles. The van der Waals surface area contributed by atoms with Gasteiger partial charge < -0.3 is 0 Å². The first-order chi connectivity index (χ1) is 6.31. The first-order valence-electron chi connectivity index (χ1n) is 4.06. The van der Waals surface area contributed by atoms with Crippen LogP contribution in [0, 0.1) is 5.82 Å². The van der Waals surface area contributed by atoms with Gasteiger partial charge >= 0.3 is 0 Å². The highest BCUT2D eigenvalue weighted by Gasteiger charge is 2.02. The van der Waals surface area contributed by atoms with Crippen LogP contribution in [0.3, 0.4) is 0 Å². The van der Waals surface area contributed by atoms with Crippen molar-refractivity contribution in [3.63, 3.8) is 0 Å². The van der Waals surface area contributed by atoms with Gasteiger partial charge in [0.05, 0.1) is 0 Å². The van der Waals surface area contributed by atoms with E-state index in [1.54, 1.807) is 6.07 Å². The number of rotatable bonds is 1. The lowest BCUT2D eigenvalue weighted by Gasteiger charge is -2.01. The summed E-state index contributed by atoms with van der Waals surface area (Å²) in [6, 6.07) is 10.4. The molecule has 2 rings (SSSR count). The molecule has 1 nitrogen and oxygen atoms in total. The molecule has 0 N–H and O–H groups in total. The van der Waals surface area contributed by atoms with Crippen molar-refractivity contribution in [1.29, 1.82) is 0 Å². The Bertz CT molecular complexity index is 437. The summed E-state index contributed by atoms with van der Waals surface area (Å²) in [5, 5.41) is 12.3. The summed E-state index contributed by atoms with van der Waals surface area (Å²) in [5.41, 5.74) is 0.235. The summed E-state index contributed by atoms with van der Waals surface area (Å²) in [5.74, 6) is -0.409. The third-order valence-electron chi connectivity index (χ3n) is 2.07. The maximum Gasteiger partial charge on any atom is 0.129 e. The molecule has 0 spiro atoms. The number of fused-ring (bicyclic) bond motifs is 1. The maximum atomic E-state index is 13.1. The molecule has 0 fully saturated rings. The third kappa shape index (κ3) is 1.40. The largest absolute Gasteiger partial charge is 0.231 e. The van der Waals surface area contributed by atoms with Crippen LogP contribution >= 0.6 is 0 Å². The Morgan fingerprint density at radius 2 is 1.69 bits per heavy atom. The lowest BCUT2D eigenvalue weighted by Crippen LogP contribution is -1.88. The van der Waals surface area contributed by atoms with E-state index in [4.69, 9.17) is 0 Å². The topological polar surface area (TPSA) is 19.9 Å². The van der Waals surface area contributed by atoms with Crippen molar-refractivity contribution in [3.05, 3.63) is 47.8 Å². The van der Waals surface area contributed by atoms with Gasteiger partial charge in [0.2, 0.25) is 0 Å². The Balaban J connectivity index is 2.74. The molecule has 65 valence electrons. The molecule has 0 aliphatic rings. The van der Waals surface area contributed by atoms with Crippen LogP contribution in [0.5, 0.6) is 0 Å². The van der Waals surface area contributed by atoms with Crippen LogP contribution in [-0.4, -0.2) is 0 Å². The van der Waals surface area contributed by atoms with Crippen LogP contribution in [0.25, 0.3) is 10.8 Å². The van der Waals surface area contributed by atoms with Gasteiger partial charge in [-0.3, -0.25) is 0 Å². The molecule has 0 bridgehead atoms. The van der Waals surface area contributed by atoms with Crippen LogP contribution in [0.4, 0.5) is 4.39 Å². The van der Waals surface area contributed by atoms with Gasteiger partial charge in [0.25, 0.3) is 0 Å². The van der Waals surface area contributed by atoms with Gasteiger partial charge in [-0.1, -0.05) is 24.3 Å². The van der Waals surface area contributed by atoms with E-state index >= 15 is 0 Å². The molecule has 13 heavy (non-hydrogen) atoms. The highest BCUT2D eigenvalue weighted by molar-refractivity contribution is 5.83. The third-order valence-corrected chi connectivity index (χ3v) is 2.07. The fourth-order valence-electron chi connectivity index (χ4n) is 1.37. The second-order valence-electron chi connectivity index (χ2n) is 2.94. The van der Waals surface area contributed by atoms with Gasteiger partial charge in [-0.15, -0.1) is 0 Å². The van der Waals surface area contributed by atoms with E-state index in [0.29, 0.717) is 0 Å². The average Bonchev–Trinajstić information content (AvgIpc) is 2.17. The van der Waals surface area contributed by atoms with Crippen molar-refractivity contribution in [3.8, 4) is 0 Å². The molecule has 0 unspecified atom stereocenters. The van der Waals surface area contributed by atoms with Crippen LogP contribution in [-0.2, 0) is 11.7 Å².